The van der Waals surface area contributed by atoms with E-state index in [0.29, 0.717) is 38.0 Å². The molecule has 0 spiro atoms. The second-order valence-electron chi connectivity index (χ2n) is 7.84. The Balaban J connectivity index is 1.58. The van der Waals surface area contributed by atoms with Gasteiger partial charge in [0.1, 0.15) is 11.6 Å². The number of aryl methyl sites for hydroxylation is 1. The molecule has 0 atom stereocenters. The molecule has 2 aromatic heterocycles. The number of nitrogens with zero attached hydrogens (tertiary/aromatic N) is 5. The predicted molar refractivity (Wildman–Crippen MR) is 137 cm³/mol. The average molecular weight is 500 g/mol. The number of aromatic nitrogens is 4. The van der Waals surface area contributed by atoms with Gasteiger partial charge in [-0.2, -0.15) is 0 Å². The fourth-order valence-electron chi connectivity index (χ4n) is 3.69. The van der Waals surface area contributed by atoms with Gasteiger partial charge in [-0.15, -0.1) is 0 Å². The molecule has 5 aromatic rings. The van der Waals surface area contributed by atoms with Crippen molar-refractivity contribution in [2.45, 2.75) is 10.1 Å². The Hall–Kier alpha value is -4.57. The van der Waals surface area contributed by atoms with Crippen LogP contribution in [0.15, 0.2) is 94.0 Å². The molecule has 8 nitrogen and oxygen atoms in total. The Labute approximate surface area is 208 Å². The largest absolute Gasteiger partial charge is 0.329 e. The zero-order valence-electron chi connectivity index (χ0n) is 18.9. The van der Waals surface area contributed by atoms with Gasteiger partial charge >= 0.3 is 0 Å². The topological polar surface area (TPSA) is 95.8 Å². The predicted octanol–water partition coefficient (Wildman–Crippen LogP) is 5.49. The van der Waals surface area contributed by atoms with E-state index in [2.05, 4.69) is 9.97 Å². The minimum atomic E-state index is -0.439. The number of rotatable bonds is 6. The molecule has 0 unspecified atom stereocenters. The fraction of sp³-hybridized carbons (Fsp3) is 0.0385. The summed E-state index contributed by atoms with van der Waals surface area (Å²) < 4.78 is 16.7. The lowest BCUT2D eigenvalue weighted by Gasteiger charge is -2.11. The standard InChI is InChI=1S/C26H18FN5O3S/c1-30-15-14-28-26(30)36-23-12-6-17(16-22(23)32(34)35)7-13-24-29-21-5-3-2-4-20(21)25(33)31(24)19-10-8-18(27)9-11-19/h2-16H,1H3. The van der Waals surface area contributed by atoms with Crippen LogP contribution in [0.3, 0.4) is 0 Å². The van der Waals surface area contributed by atoms with E-state index in [9.17, 15) is 19.3 Å². The maximum absolute atomic E-state index is 13.5. The molecule has 0 aliphatic carbocycles. The molecule has 36 heavy (non-hydrogen) atoms. The summed E-state index contributed by atoms with van der Waals surface area (Å²) in [4.78, 5) is 33.9. The molecular formula is C26H18FN5O3S. The number of para-hydroxylation sites is 1. The van der Waals surface area contributed by atoms with E-state index in [-0.39, 0.29) is 11.2 Å². The van der Waals surface area contributed by atoms with Crippen LogP contribution in [-0.2, 0) is 7.05 Å². The lowest BCUT2D eigenvalue weighted by atomic mass is 10.1. The van der Waals surface area contributed by atoms with Crippen LogP contribution in [0.2, 0.25) is 0 Å². The fourth-order valence-corrected chi connectivity index (χ4v) is 4.58. The van der Waals surface area contributed by atoms with Gasteiger partial charge in [0.25, 0.3) is 11.2 Å². The highest BCUT2D eigenvalue weighted by Crippen LogP contribution is 2.34. The molecule has 0 fully saturated rings. The van der Waals surface area contributed by atoms with E-state index in [1.165, 1.54) is 46.7 Å². The molecule has 0 amide bonds. The van der Waals surface area contributed by atoms with E-state index >= 15 is 0 Å². The van der Waals surface area contributed by atoms with E-state index in [4.69, 9.17) is 0 Å². The summed E-state index contributed by atoms with van der Waals surface area (Å²) in [6.07, 6.45) is 6.66. The van der Waals surface area contributed by atoms with Crippen LogP contribution in [-0.4, -0.2) is 24.0 Å². The molecule has 0 aliphatic heterocycles. The van der Waals surface area contributed by atoms with Crippen molar-refractivity contribution in [1.82, 2.24) is 19.1 Å². The number of benzene rings is 3. The molecule has 2 heterocycles. The van der Waals surface area contributed by atoms with Gasteiger partial charge in [0.15, 0.2) is 5.16 Å². The lowest BCUT2D eigenvalue weighted by molar-refractivity contribution is -0.387. The Morgan fingerprint density at radius 1 is 1.06 bits per heavy atom. The number of halogens is 1. The van der Waals surface area contributed by atoms with Gasteiger partial charge in [-0.25, -0.2) is 14.4 Å². The first-order valence-corrected chi connectivity index (χ1v) is 11.6. The summed E-state index contributed by atoms with van der Waals surface area (Å²) in [6, 6.07) is 17.4. The molecular weight excluding hydrogens is 481 g/mol. The zero-order valence-corrected chi connectivity index (χ0v) is 19.7. The molecule has 0 N–H and O–H groups in total. The molecule has 178 valence electrons. The third-order valence-corrected chi connectivity index (χ3v) is 6.61. The van der Waals surface area contributed by atoms with Crippen molar-refractivity contribution in [3.63, 3.8) is 0 Å². The Morgan fingerprint density at radius 2 is 1.83 bits per heavy atom. The molecule has 0 aliphatic rings. The second kappa shape index (κ2) is 9.59. The van der Waals surface area contributed by atoms with Crippen molar-refractivity contribution in [2.24, 2.45) is 7.05 Å². The highest BCUT2D eigenvalue weighted by atomic mass is 32.2. The minimum absolute atomic E-state index is 0.0625. The minimum Gasteiger partial charge on any atom is -0.329 e. The maximum atomic E-state index is 13.5. The zero-order chi connectivity index (χ0) is 25.2. The van der Waals surface area contributed by atoms with Gasteiger partial charge in [0, 0.05) is 25.5 Å². The van der Waals surface area contributed by atoms with Gasteiger partial charge < -0.3 is 4.57 Å². The molecule has 0 saturated carbocycles. The second-order valence-corrected chi connectivity index (χ2v) is 8.85. The smallest absolute Gasteiger partial charge is 0.283 e. The van der Waals surface area contributed by atoms with Crippen molar-refractivity contribution in [3.8, 4) is 5.69 Å². The van der Waals surface area contributed by atoms with Crippen LogP contribution >= 0.6 is 11.8 Å². The first kappa shape index (κ1) is 23.2. The number of nitro groups is 1. The van der Waals surface area contributed by atoms with Gasteiger partial charge in [-0.1, -0.05) is 24.3 Å². The Morgan fingerprint density at radius 3 is 2.56 bits per heavy atom. The number of nitro benzene ring substituents is 1. The van der Waals surface area contributed by atoms with Crippen LogP contribution in [0, 0.1) is 15.9 Å². The summed E-state index contributed by atoms with van der Waals surface area (Å²) in [7, 11) is 1.81. The van der Waals surface area contributed by atoms with Crippen LogP contribution in [0.4, 0.5) is 10.1 Å². The van der Waals surface area contributed by atoms with Crippen LogP contribution in [0.1, 0.15) is 11.4 Å². The number of imidazole rings is 1. The lowest BCUT2D eigenvalue weighted by Crippen LogP contribution is -2.22. The first-order chi connectivity index (χ1) is 17.4. The van der Waals surface area contributed by atoms with Crippen molar-refractivity contribution in [1.29, 1.82) is 0 Å². The summed E-state index contributed by atoms with van der Waals surface area (Å²) >= 11 is 1.20. The summed E-state index contributed by atoms with van der Waals surface area (Å²) in [5.74, 6) is -0.118. The van der Waals surface area contributed by atoms with E-state index in [1.807, 2.05) is 7.05 Å². The average Bonchev–Trinajstić information content (AvgIpc) is 3.28. The highest BCUT2D eigenvalue weighted by Gasteiger charge is 2.17. The molecule has 0 radical (unpaired) electrons. The quantitative estimate of drug-likeness (QED) is 0.227. The molecule has 0 bridgehead atoms. The van der Waals surface area contributed by atoms with Crippen LogP contribution in [0.25, 0.3) is 28.7 Å². The normalized spacial score (nSPS) is 11.4. The molecule has 5 rings (SSSR count). The van der Waals surface area contributed by atoms with Gasteiger partial charge in [0.2, 0.25) is 0 Å². The van der Waals surface area contributed by atoms with E-state index in [0.717, 1.165) is 0 Å². The third-order valence-electron chi connectivity index (χ3n) is 5.47. The van der Waals surface area contributed by atoms with Crippen molar-refractivity contribution in [3.05, 3.63) is 117 Å². The SMILES string of the molecule is Cn1ccnc1Sc1ccc(C=Cc2nc3ccccc3c(=O)n2-c2ccc(F)cc2)cc1[N+](=O)[O-]. The van der Waals surface area contributed by atoms with E-state index < -0.39 is 10.7 Å². The highest BCUT2D eigenvalue weighted by molar-refractivity contribution is 7.99. The first-order valence-electron chi connectivity index (χ1n) is 10.8. The summed E-state index contributed by atoms with van der Waals surface area (Å²) in [6.45, 7) is 0. The molecule has 3 aromatic carbocycles. The Kier molecular flexibility index (Phi) is 6.17. The Bertz CT molecular complexity index is 1690. The van der Waals surface area contributed by atoms with Gasteiger partial charge in [0.05, 0.1) is 26.4 Å². The molecule has 0 saturated heterocycles. The summed E-state index contributed by atoms with van der Waals surface area (Å²) in [5, 5.41) is 12.8. The maximum Gasteiger partial charge on any atom is 0.283 e. The monoisotopic (exact) mass is 499 g/mol. The number of hydrogen-bond acceptors (Lipinski definition) is 6. The van der Waals surface area contributed by atoms with E-state index in [1.54, 1.807) is 65.5 Å². The van der Waals surface area contributed by atoms with Crippen molar-refractivity contribution >= 4 is 40.5 Å². The third kappa shape index (κ3) is 4.53. The number of fused-ring (bicyclic) bond motifs is 1. The van der Waals surface area contributed by atoms with Crippen molar-refractivity contribution < 1.29 is 9.31 Å². The summed E-state index contributed by atoms with van der Waals surface area (Å²) in [5.41, 5.74) is 1.14. The van der Waals surface area contributed by atoms with Crippen LogP contribution in [0.5, 0.6) is 0 Å². The molecule has 10 heteroatoms. The number of hydrogen-bond donors (Lipinski definition) is 0. The van der Waals surface area contributed by atoms with Gasteiger partial charge in [-0.3, -0.25) is 19.5 Å². The van der Waals surface area contributed by atoms with Crippen molar-refractivity contribution in [2.75, 3.05) is 0 Å². The van der Waals surface area contributed by atoms with Gasteiger partial charge in [-0.05, 0) is 65.9 Å². The van der Waals surface area contributed by atoms with Crippen LogP contribution < -0.4 is 5.56 Å².